The van der Waals surface area contributed by atoms with Gasteiger partial charge in [0, 0.05) is 12.1 Å². The van der Waals surface area contributed by atoms with E-state index in [1.165, 1.54) is 24.7 Å². The van der Waals surface area contributed by atoms with Gasteiger partial charge in [0.2, 0.25) is 10.0 Å². The lowest BCUT2D eigenvalue weighted by molar-refractivity contribution is 0.181. The highest BCUT2D eigenvalue weighted by Gasteiger charge is 2.18. The van der Waals surface area contributed by atoms with Gasteiger partial charge in [0.1, 0.15) is 4.21 Å². The van der Waals surface area contributed by atoms with E-state index in [0.29, 0.717) is 9.90 Å². The van der Waals surface area contributed by atoms with E-state index < -0.39 is 16.1 Å². The molecular weight excluding hydrogens is 298 g/mol. The predicted octanol–water partition coefficient (Wildman–Crippen LogP) is 2.01. The Morgan fingerprint density at radius 1 is 1.44 bits per heavy atom. The zero-order valence-electron chi connectivity index (χ0n) is 9.04. The summed E-state index contributed by atoms with van der Waals surface area (Å²) in [5, 5.41) is 9.72. The summed E-state index contributed by atoms with van der Waals surface area (Å²) < 4.78 is 31.3. The first-order valence-electron chi connectivity index (χ1n) is 4.94. The van der Waals surface area contributed by atoms with Crippen molar-refractivity contribution in [2.24, 2.45) is 0 Å². The minimum absolute atomic E-state index is 0.117. The van der Waals surface area contributed by atoms with Crippen molar-refractivity contribution in [3.05, 3.63) is 40.6 Å². The van der Waals surface area contributed by atoms with Crippen LogP contribution in [0.3, 0.4) is 0 Å². The van der Waals surface area contributed by atoms with E-state index in [9.17, 15) is 13.5 Å². The van der Waals surface area contributed by atoms with Crippen LogP contribution in [-0.2, 0) is 10.0 Å². The molecule has 98 valence electrons. The van der Waals surface area contributed by atoms with Crippen molar-refractivity contribution in [2.45, 2.75) is 10.3 Å². The highest BCUT2D eigenvalue weighted by Crippen LogP contribution is 2.25. The minimum atomic E-state index is -3.63. The topological polar surface area (TPSA) is 79.5 Å². The highest BCUT2D eigenvalue weighted by atomic mass is 35.5. The van der Waals surface area contributed by atoms with Crippen LogP contribution in [0.5, 0.6) is 0 Å². The second-order valence-corrected chi connectivity index (χ2v) is 7.19. The van der Waals surface area contributed by atoms with E-state index in [1.54, 1.807) is 6.07 Å². The quantitative estimate of drug-likeness (QED) is 0.885. The Morgan fingerprint density at radius 3 is 2.78 bits per heavy atom. The van der Waals surface area contributed by atoms with Gasteiger partial charge in [-0.05, 0) is 18.2 Å². The molecule has 0 bridgehead atoms. The molecule has 0 amide bonds. The van der Waals surface area contributed by atoms with E-state index in [4.69, 9.17) is 16.0 Å². The van der Waals surface area contributed by atoms with Crippen molar-refractivity contribution < 1.29 is 17.9 Å². The fourth-order valence-electron chi connectivity index (χ4n) is 1.28. The van der Waals surface area contributed by atoms with Gasteiger partial charge in [-0.1, -0.05) is 11.6 Å². The van der Waals surface area contributed by atoms with Crippen molar-refractivity contribution >= 4 is 33.0 Å². The average Bonchev–Trinajstić information content (AvgIpc) is 2.96. The first-order valence-corrected chi connectivity index (χ1v) is 7.62. The van der Waals surface area contributed by atoms with Crippen LogP contribution in [0.2, 0.25) is 4.34 Å². The molecule has 0 fully saturated rings. The summed E-state index contributed by atoms with van der Waals surface area (Å²) in [7, 11) is -3.63. The summed E-state index contributed by atoms with van der Waals surface area (Å²) >= 11 is 6.63. The van der Waals surface area contributed by atoms with E-state index in [0.717, 1.165) is 11.3 Å². The molecule has 0 aliphatic rings. The molecule has 1 atom stereocenters. The van der Waals surface area contributed by atoms with Gasteiger partial charge in [0.25, 0.3) is 0 Å². The lowest BCUT2D eigenvalue weighted by atomic mass is 10.2. The number of aliphatic hydroxyl groups is 1. The molecule has 18 heavy (non-hydrogen) atoms. The molecule has 0 radical (unpaired) electrons. The highest BCUT2D eigenvalue weighted by molar-refractivity contribution is 7.91. The van der Waals surface area contributed by atoms with Gasteiger partial charge in [-0.25, -0.2) is 13.1 Å². The number of furan rings is 1. The molecule has 0 aliphatic heterocycles. The maximum Gasteiger partial charge on any atom is 0.250 e. The van der Waals surface area contributed by atoms with Crippen molar-refractivity contribution in [1.82, 2.24) is 4.72 Å². The van der Waals surface area contributed by atoms with Crippen LogP contribution >= 0.6 is 22.9 Å². The third-order valence-corrected chi connectivity index (χ3v) is 5.35. The molecule has 8 heteroatoms. The number of thiophene rings is 1. The molecule has 0 aromatic carbocycles. The fourth-order valence-corrected chi connectivity index (χ4v) is 3.85. The zero-order valence-corrected chi connectivity index (χ0v) is 11.4. The van der Waals surface area contributed by atoms with Crippen molar-refractivity contribution in [1.29, 1.82) is 0 Å². The second-order valence-electron chi connectivity index (χ2n) is 3.48. The lowest BCUT2D eigenvalue weighted by Crippen LogP contribution is -2.27. The van der Waals surface area contributed by atoms with Gasteiger partial charge in [-0.2, -0.15) is 0 Å². The molecule has 0 aliphatic carbocycles. The summed E-state index contributed by atoms with van der Waals surface area (Å²) in [6.45, 7) is -0.128. The van der Waals surface area contributed by atoms with Crippen LogP contribution in [0, 0.1) is 0 Å². The standard InChI is InChI=1S/C10H10ClNO4S2/c11-9-1-2-10(17-9)18(14,15)12-5-8(13)7-3-4-16-6-7/h1-4,6,8,12-13H,5H2. The fraction of sp³-hybridized carbons (Fsp3) is 0.200. The van der Waals surface area contributed by atoms with Crippen molar-refractivity contribution in [2.75, 3.05) is 6.54 Å². The van der Waals surface area contributed by atoms with Crippen LogP contribution in [0.1, 0.15) is 11.7 Å². The Morgan fingerprint density at radius 2 is 2.22 bits per heavy atom. The van der Waals surface area contributed by atoms with Gasteiger partial charge in [0.05, 0.1) is 23.0 Å². The number of hydrogen-bond acceptors (Lipinski definition) is 5. The summed E-state index contributed by atoms with van der Waals surface area (Å²) in [5.41, 5.74) is 0.516. The number of aliphatic hydroxyl groups excluding tert-OH is 1. The maximum absolute atomic E-state index is 11.8. The van der Waals surface area contributed by atoms with Crippen LogP contribution < -0.4 is 4.72 Å². The molecule has 2 aromatic heterocycles. The summed E-state index contributed by atoms with van der Waals surface area (Å²) in [4.78, 5) is 0. The Labute approximate surface area is 113 Å². The molecule has 2 heterocycles. The Bertz CT molecular complexity index is 606. The van der Waals surface area contributed by atoms with Crippen LogP contribution in [0.25, 0.3) is 0 Å². The van der Waals surface area contributed by atoms with E-state index in [1.807, 2.05) is 0 Å². The lowest BCUT2D eigenvalue weighted by Gasteiger charge is -2.09. The normalized spacial score (nSPS) is 13.7. The second kappa shape index (κ2) is 5.41. The minimum Gasteiger partial charge on any atom is -0.472 e. The number of sulfonamides is 1. The van der Waals surface area contributed by atoms with Crippen LogP contribution in [0.15, 0.2) is 39.4 Å². The summed E-state index contributed by atoms with van der Waals surface area (Å²) in [6, 6.07) is 4.49. The molecule has 2 aromatic rings. The van der Waals surface area contributed by atoms with Gasteiger partial charge in [-0.3, -0.25) is 0 Å². The van der Waals surface area contributed by atoms with Crippen LogP contribution in [-0.4, -0.2) is 20.1 Å². The third kappa shape index (κ3) is 3.12. The van der Waals surface area contributed by atoms with Gasteiger partial charge in [-0.15, -0.1) is 11.3 Å². The summed E-state index contributed by atoms with van der Waals surface area (Å²) in [5.74, 6) is 0. The maximum atomic E-state index is 11.8. The Hall–Kier alpha value is -0.860. The zero-order chi connectivity index (χ0) is 13.2. The molecule has 0 spiro atoms. The van der Waals surface area contributed by atoms with Gasteiger partial charge >= 0.3 is 0 Å². The first-order chi connectivity index (χ1) is 8.49. The molecule has 5 nitrogen and oxygen atoms in total. The van der Waals surface area contributed by atoms with Crippen LogP contribution in [0.4, 0.5) is 0 Å². The molecule has 2 N–H and O–H groups in total. The monoisotopic (exact) mass is 307 g/mol. The summed E-state index contributed by atoms with van der Waals surface area (Å²) in [6.07, 6.45) is 1.82. The van der Waals surface area contributed by atoms with E-state index in [-0.39, 0.29) is 10.8 Å². The van der Waals surface area contributed by atoms with Gasteiger partial charge < -0.3 is 9.52 Å². The average molecular weight is 308 g/mol. The Balaban J connectivity index is 2.02. The Kier molecular flexibility index (Phi) is 4.08. The number of halogens is 1. The number of hydrogen-bond donors (Lipinski definition) is 2. The molecule has 2 rings (SSSR count). The number of rotatable bonds is 5. The van der Waals surface area contributed by atoms with Gasteiger partial charge in [0.15, 0.2) is 0 Å². The number of nitrogens with one attached hydrogen (secondary N) is 1. The molecule has 0 saturated carbocycles. The molecule has 1 unspecified atom stereocenters. The smallest absolute Gasteiger partial charge is 0.250 e. The third-order valence-electron chi connectivity index (χ3n) is 2.21. The largest absolute Gasteiger partial charge is 0.472 e. The van der Waals surface area contributed by atoms with E-state index in [2.05, 4.69) is 4.72 Å². The van der Waals surface area contributed by atoms with Crippen molar-refractivity contribution in [3.63, 3.8) is 0 Å². The molecular formula is C10H10ClNO4S2. The first kappa shape index (κ1) is 13.6. The predicted molar refractivity (Wildman–Crippen MR) is 68.2 cm³/mol. The molecule has 0 saturated heterocycles. The van der Waals surface area contributed by atoms with Crippen molar-refractivity contribution in [3.8, 4) is 0 Å². The SMILES string of the molecule is O=S(=O)(NCC(O)c1ccoc1)c1ccc(Cl)s1. The van der Waals surface area contributed by atoms with E-state index >= 15 is 0 Å².